The first-order chi connectivity index (χ1) is 12.3. The molecule has 0 amide bonds. The summed E-state index contributed by atoms with van der Waals surface area (Å²) < 4.78 is 0. The Bertz CT molecular complexity index is 723. The van der Waals surface area contributed by atoms with Crippen LogP contribution in [0.1, 0.15) is 63.0 Å². The first-order valence-electron chi connectivity index (χ1n) is 9.24. The fraction of sp³-hybridized carbons (Fsp3) is 0.556. The van der Waals surface area contributed by atoms with Crippen LogP contribution in [-0.4, -0.2) is 31.9 Å². The van der Waals surface area contributed by atoms with E-state index in [4.69, 9.17) is 5.41 Å². The molecule has 4 N–H and O–H groups in total. The minimum atomic E-state index is 0.351. The summed E-state index contributed by atoms with van der Waals surface area (Å²) in [6.45, 7) is 0. The van der Waals surface area contributed by atoms with Crippen molar-refractivity contribution in [2.24, 2.45) is 0 Å². The summed E-state index contributed by atoms with van der Waals surface area (Å²) in [5.41, 5.74) is 2.07. The lowest BCUT2D eigenvalue weighted by molar-refractivity contribution is 0.586. The molecule has 0 aliphatic heterocycles. The number of nitrogens with one attached hydrogen (secondary N) is 4. The molecular formula is C18H25N7. The second kappa shape index (κ2) is 7.21. The topological polar surface area (TPSA) is 102 Å². The molecule has 4 rings (SSSR count). The van der Waals surface area contributed by atoms with Gasteiger partial charge in [-0.2, -0.15) is 10.1 Å². The molecule has 0 aromatic carbocycles. The van der Waals surface area contributed by atoms with Crippen LogP contribution in [0.5, 0.6) is 0 Å². The third-order valence-corrected chi connectivity index (χ3v) is 5.23. The monoisotopic (exact) mass is 339 g/mol. The highest BCUT2D eigenvalue weighted by Gasteiger charge is 2.20. The van der Waals surface area contributed by atoms with E-state index in [0.29, 0.717) is 17.9 Å². The molecule has 2 fully saturated rings. The summed E-state index contributed by atoms with van der Waals surface area (Å²) in [6.07, 6.45) is 10.6. The van der Waals surface area contributed by atoms with Gasteiger partial charge in [-0.15, -0.1) is 0 Å². The first kappa shape index (κ1) is 16.1. The van der Waals surface area contributed by atoms with E-state index in [-0.39, 0.29) is 0 Å². The molecule has 0 spiro atoms. The van der Waals surface area contributed by atoms with Crippen molar-refractivity contribution in [1.82, 2.24) is 20.2 Å². The van der Waals surface area contributed by atoms with Crippen LogP contribution in [0.4, 0.5) is 17.6 Å². The van der Waals surface area contributed by atoms with Crippen LogP contribution < -0.4 is 10.6 Å². The van der Waals surface area contributed by atoms with Gasteiger partial charge in [0.1, 0.15) is 5.82 Å². The van der Waals surface area contributed by atoms with Gasteiger partial charge in [-0.1, -0.05) is 12.8 Å². The van der Waals surface area contributed by atoms with E-state index < -0.39 is 0 Å². The van der Waals surface area contributed by atoms with E-state index in [2.05, 4.69) is 36.9 Å². The van der Waals surface area contributed by atoms with Gasteiger partial charge in [0.15, 0.2) is 5.82 Å². The Morgan fingerprint density at radius 3 is 2.68 bits per heavy atom. The van der Waals surface area contributed by atoms with E-state index in [1.165, 1.54) is 31.4 Å². The molecule has 0 radical (unpaired) electrons. The number of rotatable bonds is 5. The Balaban J connectivity index is 1.38. The summed E-state index contributed by atoms with van der Waals surface area (Å²) in [7, 11) is 0. The molecule has 132 valence electrons. The second-order valence-corrected chi connectivity index (χ2v) is 7.10. The number of aromatic amines is 1. The average Bonchev–Trinajstić information content (AvgIpc) is 3.29. The van der Waals surface area contributed by atoms with Crippen molar-refractivity contribution >= 4 is 23.3 Å². The van der Waals surface area contributed by atoms with Gasteiger partial charge in [0.2, 0.25) is 5.95 Å². The van der Waals surface area contributed by atoms with Crippen molar-refractivity contribution in [3.8, 4) is 0 Å². The summed E-state index contributed by atoms with van der Waals surface area (Å²) in [5, 5.41) is 21.9. The fourth-order valence-electron chi connectivity index (χ4n) is 3.77. The molecule has 2 aromatic rings. The average molecular weight is 339 g/mol. The molecule has 0 unspecified atom stereocenters. The number of nitrogens with zero attached hydrogens (tertiary/aromatic N) is 3. The SMILES string of the molecule is N=C1CCC(Nc2nccc(Nc3cc(C4CCCC4)[nH]n3)n2)CC1. The molecule has 2 heterocycles. The highest BCUT2D eigenvalue weighted by Crippen LogP contribution is 2.34. The van der Waals surface area contributed by atoms with Crippen LogP contribution in [0.15, 0.2) is 18.3 Å². The molecule has 7 nitrogen and oxygen atoms in total. The summed E-state index contributed by atoms with van der Waals surface area (Å²) in [4.78, 5) is 8.87. The van der Waals surface area contributed by atoms with Gasteiger partial charge in [-0.25, -0.2) is 4.98 Å². The second-order valence-electron chi connectivity index (χ2n) is 7.10. The quantitative estimate of drug-likeness (QED) is 0.660. The minimum absolute atomic E-state index is 0.351. The Morgan fingerprint density at radius 1 is 1.08 bits per heavy atom. The lowest BCUT2D eigenvalue weighted by Gasteiger charge is -2.23. The zero-order valence-corrected chi connectivity index (χ0v) is 14.4. The van der Waals surface area contributed by atoms with E-state index in [0.717, 1.165) is 43.0 Å². The third kappa shape index (κ3) is 3.97. The smallest absolute Gasteiger partial charge is 0.224 e. The lowest BCUT2D eigenvalue weighted by Crippen LogP contribution is -2.26. The third-order valence-electron chi connectivity index (χ3n) is 5.23. The predicted octanol–water partition coefficient (Wildman–Crippen LogP) is 3.98. The molecular weight excluding hydrogens is 314 g/mol. The van der Waals surface area contributed by atoms with Crippen LogP contribution in [0.2, 0.25) is 0 Å². The van der Waals surface area contributed by atoms with E-state index in [1.807, 2.05) is 6.07 Å². The molecule has 7 heteroatoms. The van der Waals surface area contributed by atoms with Gasteiger partial charge in [0.25, 0.3) is 0 Å². The number of hydrogen-bond acceptors (Lipinski definition) is 6. The van der Waals surface area contributed by atoms with Crippen molar-refractivity contribution < 1.29 is 0 Å². The Labute approximate surface area is 147 Å². The van der Waals surface area contributed by atoms with Crippen LogP contribution in [-0.2, 0) is 0 Å². The summed E-state index contributed by atoms with van der Waals surface area (Å²) in [6, 6.07) is 4.30. The van der Waals surface area contributed by atoms with E-state index >= 15 is 0 Å². The highest BCUT2D eigenvalue weighted by molar-refractivity contribution is 5.82. The number of H-pyrrole nitrogens is 1. The molecule has 2 aliphatic rings. The van der Waals surface area contributed by atoms with E-state index in [1.54, 1.807) is 6.20 Å². The predicted molar refractivity (Wildman–Crippen MR) is 98.7 cm³/mol. The first-order valence-corrected chi connectivity index (χ1v) is 9.24. The molecule has 2 saturated carbocycles. The largest absolute Gasteiger partial charge is 0.351 e. The molecule has 2 aliphatic carbocycles. The van der Waals surface area contributed by atoms with Crippen molar-refractivity contribution in [2.75, 3.05) is 10.6 Å². The van der Waals surface area contributed by atoms with Crippen LogP contribution >= 0.6 is 0 Å². The zero-order chi connectivity index (χ0) is 17.1. The van der Waals surface area contributed by atoms with Crippen LogP contribution in [0.3, 0.4) is 0 Å². The normalized spacial score (nSPS) is 21.4. The van der Waals surface area contributed by atoms with Crippen molar-refractivity contribution in [3.05, 3.63) is 24.0 Å². The summed E-state index contributed by atoms with van der Waals surface area (Å²) in [5.74, 6) is 2.80. The minimum Gasteiger partial charge on any atom is -0.351 e. The maximum absolute atomic E-state index is 7.70. The summed E-state index contributed by atoms with van der Waals surface area (Å²) >= 11 is 0. The fourth-order valence-corrected chi connectivity index (χ4v) is 3.77. The maximum atomic E-state index is 7.70. The van der Waals surface area contributed by atoms with Crippen molar-refractivity contribution in [1.29, 1.82) is 5.41 Å². The van der Waals surface area contributed by atoms with Crippen molar-refractivity contribution in [3.63, 3.8) is 0 Å². The maximum Gasteiger partial charge on any atom is 0.224 e. The van der Waals surface area contributed by atoms with Gasteiger partial charge in [0, 0.05) is 35.6 Å². The molecule has 0 atom stereocenters. The standard InChI is InChI=1S/C18H25N7/c19-13-5-7-14(8-6-13)21-18-20-10-9-16(23-18)22-17-11-15(24-25-17)12-3-1-2-4-12/h9-12,14,19H,1-8H2,(H3,20,21,22,23,24,25). The van der Waals surface area contributed by atoms with Crippen LogP contribution in [0.25, 0.3) is 0 Å². The zero-order valence-electron chi connectivity index (χ0n) is 14.4. The Morgan fingerprint density at radius 2 is 1.88 bits per heavy atom. The highest BCUT2D eigenvalue weighted by atomic mass is 15.2. The van der Waals surface area contributed by atoms with E-state index in [9.17, 15) is 0 Å². The number of hydrogen-bond donors (Lipinski definition) is 4. The van der Waals surface area contributed by atoms with Gasteiger partial charge in [-0.05, 0) is 44.6 Å². The number of anilines is 3. The van der Waals surface area contributed by atoms with Gasteiger partial charge in [0.05, 0.1) is 0 Å². The van der Waals surface area contributed by atoms with Gasteiger partial charge in [-0.3, -0.25) is 5.10 Å². The van der Waals surface area contributed by atoms with Gasteiger partial charge >= 0.3 is 0 Å². The Kier molecular flexibility index (Phi) is 4.63. The molecule has 25 heavy (non-hydrogen) atoms. The van der Waals surface area contributed by atoms with Crippen LogP contribution in [0, 0.1) is 5.41 Å². The Hall–Kier alpha value is -2.44. The van der Waals surface area contributed by atoms with Gasteiger partial charge < -0.3 is 16.0 Å². The molecule has 2 aromatic heterocycles. The number of aromatic nitrogens is 4. The molecule has 0 bridgehead atoms. The molecule has 0 saturated heterocycles. The lowest BCUT2D eigenvalue weighted by atomic mass is 9.94. The van der Waals surface area contributed by atoms with Crippen molar-refractivity contribution in [2.45, 2.75) is 63.3 Å².